The highest BCUT2D eigenvalue weighted by molar-refractivity contribution is 5.97. The Morgan fingerprint density at radius 2 is 1.70 bits per heavy atom. The van der Waals surface area contributed by atoms with Gasteiger partial charge >= 0.3 is 12.1 Å². The second-order valence-corrected chi connectivity index (χ2v) is 8.24. The number of benzene rings is 2. The van der Waals surface area contributed by atoms with E-state index >= 15 is 0 Å². The maximum Gasteiger partial charge on any atom is 0.416 e. The fourth-order valence-electron chi connectivity index (χ4n) is 4.06. The highest BCUT2D eigenvalue weighted by Crippen LogP contribution is 2.32. The Morgan fingerprint density at radius 3 is 2.39 bits per heavy atom. The molecular formula is C25H24F3NO4. The van der Waals surface area contributed by atoms with E-state index in [0.29, 0.717) is 11.3 Å². The van der Waals surface area contributed by atoms with Gasteiger partial charge in [-0.15, -0.1) is 0 Å². The summed E-state index contributed by atoms with van der Waals surface area (Å²) in [6.45, 7) is -0.0280. The molecule has 0 saturated heterocycles. The quantitative estimate of drug-likeness (QED) is 0.623. The van der Waals surface area contributed by atoms with Crippen molar-refractivity contribution in [2.75, 3.05) is 6.61 Å². The SMILES string of the molecule is O=C(O[C@H](C(=O)NC1CCCCC1)c1ccc(C(F)(F)F)cc1)C1=Cc2ccccc2OC1. The number of amides is 1. The number of rotatable bonds is 5. The summed E-state index contributed by atoms with van der Waals surface area (Å²) in [4.78, 5) is 25.9. The predicted molar refractivity (Wildman–Crippen MR) is 115 cm³/mol. The van der Waals surface area contributed by atoms with Gasteiger partial charge in [0.05, 0.1) is 11.1 Å². The third-order valence-corrected chi connectivity index (χ3v) is 5.85. The summed E-state index contributed by atoms with van der Waals surface area (Å²) in [6.07, 6.45) is 0.443. The Balaban J connectivity index is 1.56. The van der Waals surface area contributed by atoms with Crippen LogP contribution in [0.4, 0.5) is 13.2 Å². The van der Waals surface area contributed by atoms with Crippen molar-refractivity contribution in [1.82, 2.24) is 5.32 Å². The van der Waals surface area contributed by atoms with Gasteiger partial charge in [0.25, 0.3) is 5.91 Å². The summed E-state index contributed by atoms with van der Waals surface area (Å²) in [5.74, 6) is -0.677. The van der Waals surface area contributed by atoms with Crippen molar-refractivity contribution in [3.05, 3.63) is 70.8 Å². The first-order chi connectivity index (χ1) is 15.8. The molecule has 0 spiro atoms. The highest BCUT2D eigenvalue weighted by Gasteiger charge is 2.33. The monoisotopic (exact) mass is 459 g/mol. The molecule has 0 unspecified atom stereocenters. The van der Waals surface area contributed by atoms with Crippen LogP contribution in [-0.4, -0.2) is 24.5 Å². The lowest BCUT2D eigenvalue weighted by atomic mass is 9.95. The van der Waals surface area contributed by atoms with E-state index < -0.39 is 29.7 Å². The number of esters is 1. The van der Waals surface area contributed by atoms with E-state index in [0.717, 1.165) is 44.2 Å². The lowest BCUT2D eigenvalue weighted by Gasteiger charge is -2.26. The number of halogens is 3. The maximum absolute atomic E-state index is 13.0. The second-order valence-electron chi connectivity index (χ2n) is 8.24. The largest absolute Gasteiger partial charge is 0.488 e. The van der Waals surface area contributed by atoms with Gasteiger partial charge in [-0.2, -0.15) is 13.2 Å². The van der Waals surface area contributed by atoms with Crippen LogP contribution in [0.2, 0.25) is 0 Å². The Morgan fingerprint density at radius 1 is 1.00 bits per heavy atom. The molecule has 0 aromatic heterocycles. The molecule has 1 fully saturated rings. The third kappa shape index (κ3) is 5.56. The fourth-order valence-corrected chi connectivity index (χ4v) is 4.06. The van der Waals surface area contributed by atoms with Crippen molar-refractivity contribution in [3.63, 3.8) is 0 Å². The molecule has 2 aromatic rings. The van der Waals surface area contributed by atoms with Crippen LogP contribution in [0.1, 0.15) is 54.9 Å². The number of hydrogen-bond acceptors (Lipinski definition) is 4. The first-order valence-corrected chi connectivity index (χ1v) is 10.9. The van der Waals surface area contributed by atoms with Crippen LogP contribution in [0.25, 0.3) is 6.08 Å². The molecular weight excluding hydrogens is 435 g/mol. The van der Waals surface area contributed by atoms with E-state index in [1.807, 2.05) is 6.07 Å². The minimum Gasteiger partial charge on any atom is -0.488 e. The van der Waals surface area contributed by atoms with Crippen LogP contribution < -0.4 is 10.1 Å². The lowest BCUT2D eigenvalue weighted by Crippen LogP contribution is -2.40. The number of ether oxygens (including phenoxy) is 2. The Labute approximate surface area is 189 Å². The topological polar surface area (TPSA) is 64.6 Å². The van der Waals surface area contributed by atoms with Crippen molar-refractivity contribution in [3.8, 4) is 5.75 Å². The summed E-state index contributed by atoms with van der Waals surface area (Å²) in [6, 6.07) is 11.2. The van der Waals surface area contributed by atoms with Crippen molar-refractivity contribution < 1.29 is 32.2 Å². The predicted octanol–water partition coefficient (Wildman–Crippen LogP) is 5.21. The van der Waals surface area contributed by atoms with Crippen molar-refractivity contribution >= 4 is 18.0 Å². The maximum atomic E-state index is 13.0. The van der Waals surface area contributed by atoms with Gasteiger partial charge in [-0.1, -0.05) is 49.6 Å². The number of para-hydroxylation sites is 1. The van der Waals surface area contributed by atoms with Gasteiger partial charge in [0, 0.05) is 17.2 Å². The molecule has 1 aliphatic carbocycles. The molecule has 1 saturated carbocycles. The number of alkyl halides is 3. The Bertz CT molecular complexity index is 1040. The first kappa shape index (κ1) is 22.9. The van der Waals surface area contributed by atoms with Gasteiger partial charge < -0.3 is 14.8 Å². The van der Waals surface area contributed by atoms with Crippen molar-refractivity contribution in [2.45, 2.75) is 50.4 Å². The van der Waals surface area contributed by atoms with Crippen LogP contribution in [0.3, 0.4) is 0 Å². The molecule has 0 radical (unpaired) electrons. The molecule has 1 aliphatic heterocycles. The van der Waals surface area contributed by atoms with Gasteiger partial charge in [-0.25, -0.2) is 4.79 Å². The minimum absolute atomic E-state index is 0.0280. The molecule has 33 heavy (non-hydrogen) atoms. The average Bonchev–Trinajstić information content (AvgIpc) is 2.82. The first-order valence-electron chi connectivity index (χ1n) is 10.9. The molecule has 2 aliphatic rings. The number of carbonyl (C=O) groups is 2. The molecule has 2 aromatic carbocycles. The number of fused-ring (bicyclic) bond motifs is 1. The van der Waals surface area contributed by atoms with E-state index in [9.17, 15) is 22.8 Å². The molecule has 1 atom stereocenters. The highest BCUT2D eigenvalue weighted by atomic mass is 19.4. The third-order valence-electron chi connectivity index (χ3n) is 5.85. The minimum atomic E-state index is -4.51. The van der Waals surface area contributed by atoms with E-state index in [1.54, 1.807) is 24.3 Å². The van der Waals surface area contributed by atoms with Crippen LogP contribution in [-0.2, 0) is 20.5 Å². The number of nitrogens with one attached hydrogen (secondary N) is 1. The normalized spacial score (nSPS) is 17.2. The summed E-state index contributed by atoms with van der Waals surface area (Å²) >= 11 is 0. The zero-order chi connectivity index (χ0) is 23.4. The Kier molecular flexibility index (Phi) is 6.72. The van der Waals surface area contributed by atoms with E-state index in [1.165, 1.54) is 12.1 Å². The summed E-state index contributed by atoms with van der Waals surface area (Å²) in [5, 5.41) is 2.90. The zero-order valence-corrected chi connectivity index (χ0v) is 17.9. The van der Waals surface area contributed by atoms with Crippen LogP contribution >= 0.6 is 0 Å². The van der Waals surface area contributed by atoms with E-state index in [4.69, 9.17) is 9.47 Å². The zero-order valence-electron chi connectivity index (χ0n) is 17.9. The smallest absolute Gasteiger partial charge is 0.416 e. The molecule has 0 bridgehead atoms. The van der Waals surface area contributed by atoms with E-state index in [2.05, 4.69) is 5.32 Å². The molecule has 1 N–H and O–H groups in total. The number of hydrogen-bond donors (Lipinski definition) is 1. The van der Waals surface area contributed by atoms with Gasteiger partial charge in [0.15, 0.2) is 0 Å². The van der Waals surface area contributed by atoms with Crippen molar-refractivity contribution in [1.29, 1.82) is 0 Å². The van der Waals surface area contributed by atoms with Crippen molar-refractivity contribution in [2.24, 2.45) is 0 Å². The molecule has 1 amide bonds. The summed E-state index contributed by atoms with van der Waals surface area (Å²) in [5.41, 5.74) is 0.246. The van der Waals surface area contributed by atoms with Crippen LogP contribution in [0.5, 0.6) is 5.75 Å². The number of carbonyl (C=O) groups excluding carboxylic acids is 2. The second kappa shape index (κ2) is 9.68. The van der Waals surface area contributed by atoms with Gasteiger partial charge in [0.1, 0.15) is 12.4 Å². The van der Waals surface area contributed by atoms with Gasteiger partial charge in [-0.3, -0.25) is 4.79 Å². The fraction of sp³-hybridized carbons (Fsp3) is 0.360. The lowest BCUT2D eigenvalue weighted by molar-refractivity contribution is -0.153. The molecule has 4 rings (SSSR count). The van der Waals surface area contributed by atoms with Crippen LogP contribution in [0.15, 0.2) is 54.1 Å². The summed E-state index contributed by atoms with van der Waals surface area (Å²) < 4.78 is 50.1. The van der Waals surface area contributed by atoms with Gasteiger partial charge in [-0.05, 0) is 37.1 Å². The molecule has 174 valence electrons. The van der Waals surface area contributed by atoms with Gasteiger partial charge in [0.2, 0.25) is 6.10 Å². The van der Waals surface area contributed by atoms with Crippen LogP contribution in [0, 0.1) is 0 Å². The molecule has 8 heteroatoms. The molecule has 1 heterocycles. The van der Waals surface area contributed by atoms with E-state index in [-0.39, 0.29) is 23.8 Å². The standard InChI is InChI=1S/C25H24F3NO4/c26-25(27,28)19-12-10-16(11-13-19)22(23(30)29-20-7-2-1-3-8-20)33-24(31)18-14-17-6-4-5-9-21(17)32-15-18/h4-6,9-14,20,22H,1-3,7-8,15H2,(H,29,30)/t22-/m0/s1. The molecule has 5 nitrogen and oxygen atoms in total. The average molecular weight is 459 g/mol. The summed E-state index contributed by atoms with van der Waals surface area (Å²) in [7, 11) is 0. The Hall–Kier alpha value is -3.29.